The second-order valence-electron chi connectivity index (χ2n) is 4.84. The van der Waals surface area contributed by atoms with Crippen molar-refractivity contribution in [1.29, 1.82) is 0 Å². The topological polar surface area (TPSA) is 58.2 Å². The number of ketones is 1. The molecule has 1 heterocycles. The molecule has 0 fully saturated rings. The van der Waals surface area contributed by atoms with Gasteiger partial charge in [-0.2, -0.15) is 0 Å². The summed E-state index contributed by atoms with van der Waals surface area (Å²) >= 11 is 6.34. The summed E-state index contributed by atoms with van der Waals surface area (Å²) < 4.78 is 0. The van der Waals surface area contributed by atoms with E-state index in [1.165, 1.54) is 23.8 Å². The minimum absolute atomic E-state index is 0.0597. The highest BCUT2D eigenvalue weighted by molar-refractivity contribution is 7.79. The van der Waals surface area contributed by atoms with Crippen LogP contribution in [0.4, 0.5) is 10.7 Å². The zero-order valence-electron chi connectivity index (χ0n) is 12.5. The summed E-state index contributed by atoms with van der Waals surface area (Å²) in [5.41, 5.74) is 4.25. The Morgan fingerprint density at radius 3 is 2.36 bits per heavy atom. The van der Waals surface area contributed by atoms with Gasteiger partial charge in [-0.15, -0.1) is 11.3 Å². The quantitative estimate of drug-likeness (QED) is 0.643. The van der Waals surface area contributed by atoms with Crippen LogP contribution in [-0.4, -0.2) is 17.2 Å². The molecule has 4 nitrogen and oxygen atoms in total. The number of nitrogens with one attached hydrogen (secondary N) is 2. The van der Waals surface area contributed by atoms with E-state index in [-0.39, 0.29) is 11.7 Å². The number of amides is 1. The maximum atomic E-state index is 12.7. The molecule has 0 aliphatic rings. The average Bonchev–Trinajstić information content (AvgIpc) is 2.74. The highest BCUT2D eigenvalue weighted by Crippen LogP contribution is 2.33. The second-order valence-corrected chi connectivity index (χ2v) is 6.30. The van der Waals surface area contributed by atoms with Crippen LogP contribution in [0.25, 0.3) is 0 Å². The molecule has 0 saturated carbocycles. The van der Waals surface area contributed by atoms with Crippen molar-refractivity contribution >= 4 is 51.4 Å². The van der Waals surface area contributed by atoms with Crippen LogP contribution in [0.2, 0.25) is 0 Å². The first-order valence-electron chi connectivity index (χ1n) is 6.66. The van der Waals surface area contributed by atoms with Crippen LogP contribution in [0.3, 0.4) is 0 Å². The Morgan fingerprint density at radius 2 is 1.82 bits per heavy atom. The first-order chi connectivity index (χ1) is 10.4. The van der Waals surface area contributed by atoms with E-state index in [0.717, 1.165) is 15.4 Å². The Labute approximate surface area is 138 Å². The summed E-state index contributed by atoms with van der Waals surface area (Å²) in [7, 11) is 0. The third-order valence-electron chi connectivity index (χ3n) is 3.27. The van der Waals surface area contributed by atoms with Crippen molar-refractivity contribution in [2.75, 3.05) is 10.6 Å². The fourth-order valence-electron chi connectivity index (χ4n) is 2.11. The number of hydrogen-bond donors (Lipinski definition) is 2. The molecule has 2 aromatic rings. The molecule has 0 bridgehead atoms. The van der Waals surface area contributed by atoms with Gasteiger partial charge in [0.05, 0.1) is 11.1 Å². The Hall–Kier alpha value is -2.05. The molecule has 1 aromatic carbocycles. The molecule has 114 valence electrons. The van der Waals surface area contributed by atoms with Gasteiger partial charge in [-0.05, 0) is 43.7 Å². The number of aryl methyl sites for hydroxylation is 1. The summed E-state index contributed by atoms with van der Waals surface area (Å²) in [5, 5.41) is 6.40. The molecule has 0 saturated heterocycles. The highest BCUT2D eigenvalue weighted by atomic mass is 32.1. The van der Waals surface area contributed by atoms with Crippen molar-refractivity contribution < 1.29 is 9.59 Å². The third-order valence-corrected chi connectivity index (χ3v) is 4.53. The number of anilines is 2. The van der Waals surface area contributed by atoms with Gasteiger partial charge in [0.25, 0.3) is 0 Å². The summed E-state index contributed by atoms with van der Waals surface area (Å²) in [4.78, 5) is 24.8. The van der Waals surface area contributed by atoms with E-state index in [1.54, 1.807) is 24.3 Å². The molecule has 6 heteroatoms. The Kier molecular flexibility index (Phi) is 5.05. The Balaban J connectivity index is 2.35. The smallest absolute Gasteiger partial charge is 0.221 e. The zero-order chi connectivity index (χ0) is 16.3. The predicted molar refractivity (Wildman–Crippen MR) is 95.2 cm³/mol. The lowest BCUT2D eigenvalue weighted by Crippen LogP contribution is -2.08. The van der Waals surface area contributed by atoms with Crippen LogP contribution in [0.5, 0.6) is 0 Å². The van der Waals surface area contributed by atoms with Crippen molar-refractivity contribution in [1.82, 2.24) is 0 Å². The fraction of sp³-hybridized carbons (Fsp3) is 0.188. The van der Waals surface area contributed by atoms with Gasteiger partial charge in [-0.1, -0.05) is 12.2 Å². The van der Waals surface area contributed by atoms with E-state index in [9.17, 15) is 9.59 Å². The Morgan fingerprint density at radius 1 is 1.18 bits per heavy atom. The average molecular weight is 332 g/mol. The van der Waals surface area contributed by atoms with Crippen molar-refractivity contribution in [3.63, 3.8) is 0 Å². The molecule has 2 N–H and O–H groups in total. The van der Waals surface area contributed by atoms with Crippen molar-refractivity contribution in [2.24, 2.45) is 0 Å². The fourth-order valence-corrected chi connectivity index (χ4v) is 3.33. The van der Waals surface area contributed by atoms with Crippen molar-refractivity contribution in [3.8, 4) is 0 Å². The van der Waals surface area contributed by atoms with Crippen molar-refractivity contribution in [3.05, 3.63) is 45.8 Å². The van der Waals surface area contributed by atoms with E-state index in [4.69, 9.17) is 12.2 Å². The van der Waals surface area contributed by atoms with Gasteiger partial charge in [-0.3, -0.25) is 9.59 Å². The van der Waals surface area contributed by atoms with Gasteiger partial charge < -0.3 is 10.6 Å². The highest BCUT2D eigenvalue weighted by Gasteiger charge is 2.20. The van der Waals surface area contributed by atoms with Gasteiger partial charge >= 0.3 is 0 Å². The first kappa shape index (κ1) is 16.3. The van der Waals surface area contributed by atoms with Crippen LogP contribution < -0.4 is 10.6 Å². The number of rotatable bonds is 5. The van der Waals surface area contributed by atoms with Gasteiger partial charge in [0.15, 0.2) is 5.78 Å². The molecule has 0 radical (unpaired) electrons. The van der Waals surface area contributed by atoms with Gasteiger partial charge in [-0.25, -0.2) is 0 Å². The lowest BCUT2D eigenvalue weighted by Gasteiger charge is -2.06. The van der Waals surface area contributed by atoms with Crippen LogP contribution in [-0.2, 0) is 4.79 Å². The number of carbonyl (C=O) groups excluding carboxylic acids is 2. The van der Waals surface area contributed by atoms with Gasteiger partial charge in [0.1, 0.15) is 5.00 Å². The molecular weight excluding hydrogens is 316 g/mol. The number of thiocarbonyl (C=S) groups is 1. The Bertz CT molecular complexity index is 733. The van der Waals surface area contributed by atoms with E-state index in [1.807, 2.05) is 13.8 Å². The zero-order valence-corrected chi connectivity index (χ0v) is 14.2. The second kappa shape index (κ2) is 6.81. The van der Waals surface area contributed by atoms with Crippen LogP contribution in [0, 0.1) is 13.8 Å². The molecule has 2 rings (SSSR count). The summed E-state index contributed by atoms with van der Waals surface area (Å²) in [6.45, 7) is 5.35. The molecule has 0 atom stereocenters. The SMILES string of the molecule is CC(=O)Nc1ccc(C(=O)c2c(NC=S)sc(C)c2C)cc1. The van der Waals surface area contributed by atoms with E-state index in [2.05, 4.69) is 10.6 Å². The van der Waals surface area contributed by atoms with Gasteiger partial charge in [0.2, 0.25) is 5.91 Å². The molecular formula is C16H16N2O2S2. The predicted octanol–water partition coefficient (Wildman–Crippen LogP) is 3.92. The summed E-state index contributed by atoms with van der Waals surface area (Å²) in [6, 6.07) is 6.85. The molecule has 1 amide bonds. The van der Waals surface area contributed by atoms with Crippen LogP contribution in [0.15, 0.2) is 24.3 Å². The standard InChI is InChI=1S/C16H16N2O2S2/c1-9-10(2)22-16(17-8-21)14(9)15(20)12-4-6-13(7-5-12)18-11(3)19/h4-8H,1-3H3,(H,17,21)(H,18,19). The maximum Gasteiger partial charge on any atom is 0.221 e. The van der Waals surface area contributed by atoms with Crippen LogP contribution in [0.1, 0.15) is 33.3 Å². The van der Waals surface area contributed by atoms with Crippen LogP contribution >= 0.6 is 23.6 Å². The molecule has 22 heavy (non-hydrogen) atoms. The van der Waals surface area contributed by atoms with E-state index < -0.39 is 0 Å². The van der Waals surface area contributed by atoms with Gasteiger partial charge in [0, 0.05) is 23.1 Å². The normalized spacial score (nSPS) is 10.1. The van der Waals surface area contributed by atoms with E-state index in [0.29, 0.717) is 16.8 Å². The summed E-state index contributed by atoms with van der Waals surface area (Å²) in [6.07, 6.45) is 0. The van der Waals surface area contributed by atoms with Crippen molar-refractivity contribution in [2.45, 2.75) is 20.8 Å². The minimum atomic E-state index is -0.143. The number of benzene rings is 1. The minimum Gasteiger partial charge on any atom is -0.344 e. The third kappa shape index (κ3) is 3.40. The lowest BCUT2D eigenvalue weighted by molar-refractivity contribution is -0.114. The van der Waals surface area contributed by atoms with E-state index >= 15 is 0 Å². The molecule has 0 spiro atoms. The maximum absolute atomic E-state index is 12.7. The largest absolute Gasteiger partial charge is 0.344 e. The number of thiophene rings is 1. The molecule has 0 aliphatic carbocycles. The monoisotopic (exact) mass is 332 g/mol. The summed E-state index contributed by atoms with van der Waals surface area (Å²) in [5.74, 6) is -0.202. The number of carbonyl (C=O) groups is 2. The molecule has 0 unspecified atom stereocenters. The molecule has 0 aliphatic heterocycles. The number of hydrogen-bond acceptors (Lipinski definition) is 4. The lowest BCUT2D eigenvalue weighted by atomic mass is 10.0. The first-order valence-corrected chi connectivity index (χ1v) is 7.95. The molecule has 1 aromatic heterocycles.